The standard InChI is InChI=1S/C20H15FN4/c21-16-10-24-20-19(14(16)6-5-12-3-4-12)15-8-17(23-11-18(15)25-20)13-2-1-7-22-9-13/h1-2,5-12H,3-4H2,(H,24,25)/b6-5+. The van der Waals surface area contributed by atoms with Crippen LogP contribution in [0, 0.1) is 11.7 Å². The molecular weight excluding hydrogens is 315 g/mol. The van der Waals surface area contributed by atoms with Crippen LogP contribution in [0.3, 0.4) is 0 Å². The number of fused-ring (bicyclic) bond motifs is 3. The Morgan fingerprint density at radius 1 is 1.16 bits per heavy atom. The van der Waals surface area contributed by atoms with E-state index in [2.05, 4.69) is 26.0 Å². The summed E-state index contributed by atoms with van der Waals surface area (Å²) in [5.74, 6) is 0.283. The molecule has 0 atom stereocenters. The van der Waals surface area contributed by atoms with E-state index in [0.29, 0.717) is 17.1 Å². The van der Waals surface area contributed by atoms with Gasteiger partial charge in [-0.05, 0) is 37.0 Å². The Bertz CT molecular complexity index is 1110. The summed E-state index contributed by atoms with van der Waals surface area (Å²) in [6.45, 7) is 0. The van der Waals surface area contributed by atoms with Crippen LogP contribution in [0.2, 0.25) is 0 Å². The largest absolute Gasteiger partial charge is 0.338 e. The van der Waals surface area contributed by atoms with Crippen LogP contribution < -0.4 is 0 Å². The van der Waals surface area contributed by atoms with Crippen molar-refractivity contribution in [2.45, 2.75) is 12.8 Å². The molecule has 5 heteroatoms. The number of halogens is 1. The van der Waals surface area contributed by atoms with E-state index < -0.39 is 0 Å². The number of aromatic amines is 1. The summed E-state index contributed by atoms with van der Waals surface area (Å²) in [6.07, 6.45) is 12.9. The molecule has 0 amide bonds. The van der Waals surface area contributed by atoms with Crippen molar-refractivity contribution in [2.75, 3.05) is 0 Å². The fourth-order valence-electron chi connectivity index (χ4n) is 3.12. The topological polar surface area (TPSA) is 54.5 Å². The van der Waals surface area contributed by atoms with Crippen molar-refractivity contribution in [1.82, 2.24) is 19.9 Å². The van der Waals surface area contributed by atoms with Crippen LogP contribution in [0.5, 0.6) is 0 Å². The highest BCUT2D eigenvalue weighted by Crippen LogP contribution is 2.34. The monoisotopic (exact) mass is 330 g/mol. The summed E-state index contributed by atoms with van der Waals surface area (Å²) in [5, 5.41) is 1.73. The third-order valence-corrected chi connectivity index (χ3v) is 4.61. The van der Waals surface area contributed by atoms with Crippen LogP contribution in [0.15, 0.2) is 49.1 Å². The molecule has 0 unspecified atom stereocenters. The normalized spacial score (nSPS) is 14.8. The van der Waals surface area contributed by atoms with Gasteiger partial charge < -0.3 is 4.98 Å². The lowest BCUT2D eigenvalue weighted by molar-refractivity contribution is 0.621. The molecule has 4 aromatic heterocycles. The first-order valence-electron chi connectivity index (χ1n) is 8.34. The molecule has 122 valence electrons. The summed E-state index contributed by atoms with van der Waals surface area (Å²) in [6, 6.07) is 5.81. The third kappa shape index (κ3) is 2.48. The molecule has 0 bridgehead atoms. The van der Waals surface area contributed by atoms with Gasteiger partial charge in [-0.3, -0.25) is 9.97 Å². The van der Waals surface area contributed by atoms with Gasteiger partial charge in [-0.25, -0.2) is 9.37 Å². The lowest BCUT2D eigenvalue weighted by Gasteiger charge is -2.02. The van der Waals surface area contributed by atoms with E-state index in [4.69, 9.17) is 0 Å². The minimum atomic E-state index is -0.301. The number of aromatic nitrogens is 4. The van der Waals surface area contributed by atoms with Crippen molar-refractivity contribution >= 4 is 28.0 Å². The molecule has 4 aromatic rings. The van der Waals surface area contributed by atoms with Crippen molar-refractivity contribution in [2.24, 2.45) is 5.92 Å². The van der Waals surface area contributed by atoms with Gasteiger partial charge in [0, 0.05) is 34.3 Å². The van der Waals surface area contributed by atoms with Crippen LogP contribution in [-0.4, -0.2) is 19.9 Å². The lowest BCUT2D eigenvalue weighted by atomic mass is 10.1. The SMILES string of the molecule is Fc1cnc2[nH]c3cnc(-c4cccnc4)cc3c2c1/C=C/C1CC1. The third-order valence-electron chi connectivity index (χ3n) is 4.61. The van der Waals surface area contributed by atoms with Crippen LogP contribution in [0.25, 0.3) is 39.3 Å². The molecule has 4 heterocycles. The zero-order chi connectivity index (χ0) is 16.8. The van der Waals surface area contributed by atoms with Crippen molar-refractivity contribution in [3.8, 4) is 11.3 Å². The van der Waals surface area contributed by atoms with Crippen LogP contribution in [-0.2, 0) is 0 Å². The maximum absolute atomic E-state index is 14.5. The van der Waals surface area contributed by atoms with E-state index in [-0.39, 0.29) is 5.82 Å². The summed E-state index contributed by atoms with van der Waals surface area (Å²) in [5.41, 5.74) is 3.85. The van der Waals surface area contributed by atoms with Gasteiger partial charge in [0.2, 0.25) is 0 Å². The fourth-order valence-corrected chi connectivity index (χ4v) is 3.12. The minimum Gasteiger partial charge on any atom is -0.338 e. The highest BCUT2D eigenvalue weighted by molar-refractivity contribution is 6.10. The lowest BCUT2D eigenvalue weighted by Crippen LogP contribution is -1.88. The van der Waals surface area contributed by atoms with E-state index in [0.717, 1.165) is 27.5 Å². The van der Waals surface area contributed by atoms with Gasteiger partial charge in [0.05, 0.1) is 23.6 Å². The van der Waals surface area contributed by atoms with Gasteiger partial charge in [0.1, 0.15) is 11.5 Å². The molecule has 1 aliphatic rings. The zero-order valence-electron chi connectivity index (χ0n) is 13.4. The quantitative estimate of drug-likeness (QED) is 0.590. The molecule has 0 aromatic carbocycles. The molecule has 1 N–H and O–H groups in total. The Labute approximate surface area is 143 Å². The Hall–Kier alpha value is -3.08. The first-order chi connectivity index (χ1) is 12.3. The average molecular weight is 330 g/mol. The predicted molar refractivity (Wildman–Crippen MR) is 96.3 cm³/mol. The maximum atomic E-state index is 14.5. The van der Waals surface area contributed by atoms with Gasteiger partial charge in [-0.15, -0.1) is 0 Å². The summed E-state index contributed by atoms with van der Waals surface area (Å²) >= 11 is 0. The fraction of sp³-hybridized carbons (Fsp3) is 0.150. The molecule has 25 heavy (non-hydrogen) atoms. The molecule has 0 radical (unpaired) electrons. The van der Waals surface area contributed by atoms with Crippen molar-refractivity contribution < 1.29 is 4.39 Å². The van der Waals surface area contributed by atoms with Crippen LogP contribution >= 0.6 is 0 Å². The second kappa shape index (κ2) is 5.48. The maximum Gasteiger partial charge on any atom is 0.149 e. The van der Waals surface area contributed by atoms with E-state index in [1.54, 1.807) is 18.6 Å². The molecule has 5 rings (SSSR count). The van der Waals surface area contributed by atoms with Gasteiger partial charge in [0.25, 0.3) is 0 Å². The first kappa shape index (κ1) is 14.3. The van der Waals surface area contributed by atoms with Crippen molar-refractivity contribution in [3.63, 3.8) is 0 Å². The van der Waals surface area contributed by atoms with Gasteiger partial charge >= 0.3 is 0 Å². The number of nitrogens with zero attached hydrogens (tertiary/aromatic N) is 3. The van der Waals surface area contributed by atoms with Gasteiger partial charge in [-0.1, -0.05) is 12.2 Å². The highest BCUT2D eigenvalue weighted by Gasteiger charge is 2.19. The molecule has 4 nitrogen and oxygen atoms in total. The molecule has 1 aliphatic carbocycles. The first-order valence-corrected chi connectivity index (χ1v) is 8.34. The number of allylic oxidation sites excluding steroid dienone is 1. The number of nitrogens with one attached hydrogen (secondary N) is 1. The molecule has 1 fully saturated rings. The minimum absolute atomic E-state index is 0.301. The van der Waals surface area contributed by atoms with Gasteiger partial charge in [-0.2, -0.15) is 0 Å². The Balaban J connectivity index is 1.77. The second-order valence-electron chi connectivity index (χ2n) is 6.42. The molecular formula is C20H15FN4. The number of H-pyrrole nitrogens is 1. The zero-order valence-corrected chi connectivity index (χ0v) is 13.4. The number of rotatable bonds is 3. The number of hydrogen-bond donors (Lipinski definition) is 1. The van der Waals surface area contributed by atoms with Crippen LogP contribution in [0.1, 0.15) is 18.4 Å². The van der Waals surface area contributed by atoms with Crippen molar-refractivity contribution in [3.05, 3.63) is 60.4 Å². The summed E-state index contributed by atoms with van der Waals surface area (Å²) in [7, 11) is 0. The van der Waals surface area contributed by atoms with E-state index >= 15 is 0 Å². The highest BCUT2D eigenvalue weighted by atomic mass is 19.1. The summed E-state index contributed by atoms with van der Waals surface area (Å²) in [4.78, 5) is 16.1. The molecule has 0 saturated heterocycles. The number of hydrogen-bond acceptors (Lipinski definition) is 3. The van der Waals surface area contributed by atoms with Crippen molar-refractivity contribution in [1.29, 1.82) is 0 Å². The smallest absolute Gasteiger partial charge is 0.149 e. The number of pyridine rings is 3. The average Bonchev–Trinajstić information content (AvgIpc) is 3.40. The molecule has 0 spiro atoms. The van der Waals surface area contributed by atoms with E-state index in [9.17, 15) is 4.39 Å². The summed E-state index contributed by atoms with van der Waals surface area (Å²) < 4.78 is 14.5. The van der Waals surface area contributed by atoms with E-state index in [1.165, 1.54) is 19.0 Å². The Morgan fingerprint density at radius 2 is 2.08 bits per heavy atom. The Morgan fingerprint density at radius 3 is 2.88 bits per heavy atom. The van der Waals surface area contributed by atoms with Gasteiger partial charge in [0.15, 0.2) is 0 Å². The predicted octanol–water partition coefficient (Wildman–Crippen LogP) is 4.74. The van der Waals surface area contributed by atoms with Crippen LogP contribution in [0.4, 0.5) is 4.39 Å². The molecule has 1 saturated carbocycles. The van der Waals surface area contributed by atoms with E-state index in [1.807, 2.05) is 24.3 Å². The molecule has 0 aliphatic heterocycles. The second-order valence-corrected chi connectivity index (χ2v) is 6.42. The Kier molecular flexibility index (Phi) is 3.13.